The SMILES string of the molecule is N#CCCOCOCOC1C(n2ccc(=O)[nH]c2=O)OC(CO)[C@@H]1O. The summed E-state index contributed by atoms with van der Waals surface area (Å²) in [5, 5.41) is 27.8. The third-order valence-corrected chi connectivity index (χ3v) is 3.49. The van der Waals surface area contributed by atoms with Gasteiger partial charge in [0, 0.05) is 12.3 Å². The van der Waals surface area contributed by atoms with Gasteiger partial charge in [-0.05, 0) is 0 Å². The number of aliphatic hydroxyl groups excluding tert-OH is 2. The highest BCUT2D eigenvalue weighted by Gasteiger charge is 2.45. The Balaban J connectivity index is 1.98. The van der Waals surface area contributed by atoms with E-state index in [9.17, 15) is 19.8 Å². The second-order valence-electron chi connectivity index (χ2n) is 5.14. The van der Waals surface area contributed by atoms with Crippen LogP contribution in [0.15, 0.2) is 21.9 Å². The van der Waals surface area contributed by atoms with Crippen LogP contribution in [0.1, 0.15) is 12.6 Å². The molecule has 3 N–H and O–H groups in total. The summed E-state index contributed by atoms with van der Waals surface area (Å²) in [6.07, 6.45) is -2.80. The van der Waals surface area contributed by atoms with E-state index in [1.807, 2.05) is 6.07 Å². The number of nitriles is 1. The molecule has 11 heteroatoms. The Morgan fingerprint density at radius 2 is 2.16 bits per heavy atom. The third kappa shape index (κ3) is 4.95. The molecule has 0 radical (unpaired) electrons. The molecule has 1 fully saturated rings. The summed E-state index contributed by atoms with van der Waals surface area (Å²) >= 11 is 0. The number of nitrogens with one attached hydrogen (secondary N) is 1. The van der Waals surface area contributed by atoms with E-state index in [-0.39, 0.29) is 26.6 Å². The first-order valence-corrected chi connectivity index (χ1v) is 7.48. The van der Waals surface area contributed by atoms with Crippen molar-refractivity contribution in [3.63, 3.8) is 0 Å². The topological polar surface area (TPSA) is 156 Å². The third-order valence-electron chi connectivity index (χ3n) is 3.49. The average Bonchev–Trinajstić information content (AvgIpc) is 2.90. The molecule has 1 aliphatic rings. The summed E-state index contributed by atoms with van der Waals surface area (Å²) in [4.78, 5) is 25.1. The van der Waals surface area contributed by atoms with Gasteiger partial charge >= 0.3 is 5.69 Å². The molecule has 25 heavy (non-hydrogen) atoms. The van der Waals surface area contributed by atoms with E-state index in [0.29, 0.717) is 0 Å². The Bertz CT molecular complexity index is 696. The maximum atomic E-state index is 11.9. The minimum absolute atomic E-state index is 0.113. The normalized spacial score (nSPS) is 25.8. The van der Waals surface area contributed by atoms with Gasteiger partial charge in [0.2, 0.25) is 0 Å². The number of nitrogens with zero attached hydrogens (tertiary/aromatic N) is 2. The van der Waals surface area contributed by atoms with Crippen LogP contribution >= 0.6 is 0 Å². The largest absolute Gasteiger partial charge is 0.394 e. The molecule has 1 aromatic heterocycles. The average molecular weight is 357 g/mol. The zero-order valence-corrected chi connectivity index (χ0v) is 13.2. The van der Waals surface area contributed by atoms with Gasteiger partial charge in [0.1, 0.15) is 31.9 Å². The molecule has 1 aliphatic heterocycles. The number of hydrogen-bond donors (Lipinski definition) is 3. The number of rotatable bonds is 9. The van der Waals surface area contributed by atoms with Crippen LogP contribution in [-0.4, -0.2) is 64.9 Å². The lowest BCUT2D eigenvalue weighted by atomic mass is 10.1. The number of H-pyrrole nitrogens is 1. The maximum Gasteiger partial charge on any atom is 0.330 e. The molecule has 0 spiro atoms. The van der Waals surface area contributed by atoms with Crippen LogP contribution in [0.5, 0.6) is 0 Å². The fourth-order valence-corrected chi connectivity index (χ4v) is 2.30. The first kappa shape index (κ1) is 19.3. The van der Waals surface area contributed by atoms with Crippen molar-refractivity contribution in [3.05, 3.63) is 33.1 Å². The first-order chi connectivity index (χ1) is 12.1. The van der Waals surface area contributed by atoms with Crippen molar-refractivity contribution < 1.29 is 29.2 Å². The highest BCUT2D eigenvalue weighted by molar-refractivity contribution is 4.93. The quantitative estimate of drug-likeness (QED) is 0.337. The molecular weight excluding hydrogens is 338 g/mol. The summed E-state index contributed by atoms with van der Waals surface area (Å²) in [5.74, 6) is 0. The Labute approximate surface area is 141 Å². The van der Waals surface area contributed by atoms with Gasteiger partial charge in [-0.15, -0.1) is 0 Å². The summed E-state index contributed by atoms with van der Waals surface area (Å²) in [5.41, 5.74) is -1.31. The molecule has 2 rings (SSSR count). The van der Waals surface area contributed by atoms with Gasteiger partial charge in [-0.1, -0.05) is 0 Å². The van der Waals surface area contributed by atoms with Gasteiger partial charge in [0.25, 0.3) is 5.56 Å². The van der Waals surface area contributed by atoms with Crippen LogP contribution in [0.25, 0.3) is 0 Å². The second-order valence-corrected chi connectivity index (χ2v) is 5.14. The number of hydrogen-bond acceptors (Lipinski definition) is 9. The van der Waals surface area contributed by atoms with Crippen LogP contribution < -0.4 is 11.2 Å². The molecule has 0 saturated carbocycles. The Kier molecular flexibility index (Phi) is 7.26. The number of aromatic amines is 1. The van der Waals surface area contributed by atoms with Gasteiger partial charge in [-0.3, -0.25) is 14.3 Å². The zero-order chi connectivity index (χ0) is 18.2. The highest BCUT2D eigenvalue weighted by atomic mass is 16.7. The predicted molar refractivity (Wildman–Crippen MR) is 80.2 cm³/mol. The molecule has 1 aromatic rings. The van der Waals surface area contributed by atoms with Crippen LogP contribution in [0.3, 0.4) is 0 Å². The zero-order valence-electron chi connectivity index (χ0n) is 13.2. The van der Waals surface area contributed by atoms with Gasteiger partial charge < -0.3 is 29.2 Å². The van der Waals surface area contributed by atoms with Crippen LogP contribution in [-0.2, 0) is 18.9 Å². The molecule has 1 saturated heterocycles. The van der Waals surface area contributed by atoms with Gasteiger partial charge in [-0.2, -0.15) is 5.26 Å². The summed E-state index contributed by atoms with van der Waals surface area (Å²) in [6, 6.07) is 3.04. The number of aromatic nitrogens is 2. The van der Waals surface area contributed by atoms with Gasteiger partial charge in [0.15, 0.2) is 6.23 Å². The molecule has 2 heterocycles. The molecule has 0 aliphatic carbocycles. The lowest BCUT2D eigenvalue weighted by Crippen LogP contribution is -2.39. The van der Waals surface area contributed by atoms with Crippen molar-refractivity contribution in [3.8, 4) is 6.07 Å². The Hall–Kier alpha value is -2.07. The maximum absolute atomic E-state index is 11.9. The van der Waals surface area contributed by atoms with E-state index in [1.165, 1.54) is 6.20 Å². The van der Waals surface area contributed by atoms with Crippen LogP contribution in [0.2, 0.25) is 0 Å². The lowest BCUT2D eigenvalue weighted by Gasteiger charge is -2.22. The Morgan fingerprint density at radius 1 is 1.36 bits per heavy atom. The fraction of sp³-hybridized carbons (Fsp3) is 0.643. The van der Waals surface area contributed by atoms with Crippen molar-refractivity contribution in [2.75, 3.05) is 26.8 Å². The minimum Gasteiger partial charge on any atom is -0.394 e. The summed E-state index contributed by atoms with van der Waals surface area (Å²) < 4.78 is 22.0. The molecule has 3 unspecified atom stereocenters. The molecule has 0 aromatic carbocycles. The van der Waals surface area contributed by atoms with Gasteiger partial charge in [-0.25, -0.2) is 4.79 Å². The van der Waals surface area contributed by atoms with E-state index in [2.05, 4.69) is 4.98 Å². The summed E-state index contributed by atoms with van der Waals surface area (Å²) in [7, 11) is 0. The molecule has 11 nitrogen and oxygen atoms in total. The predicted octanol–water partition coefficient (Wildman–Crippen LogP) is -1.97. The fourth-order valence-electron chi connectivity index (χ4n) is 2.30. The molecular formula is C14H19N3O8. The monoisotopic (exact) mass is 357 g/mol. The number of aliphatic hydroxyl groups is 2. The first-order valence-electron chi connectivity index (χ1n) is 7.48. The van der Waals surface area contributed by atoms with Crippen molar-refractivity contribution in [1.29, 1.82) is 5.26 Å². The van der Waals surface area contributed by atoms with E-state index < -0.39 is 42.4 Å². The van der Waals surface area contributed by atoms with E-state index in [4.69, 9.17) is 24.2 Å². The van der Waals surface area contributed by atoms with Crippen LogP contribution in [0, 0.1) is 11.3 Å². The molecule has 0 bridgehead atoms. The standard InChI is InChI=1S/C14H19N3O8/c15-3-1-5-22-7-23-8-24-12-11(20)9(6-18)25-13(12)17-4-2-10(19)16-14(17)21/h2,4,9,11-13,18,20H,1,5-8H2,(H,16,19,21)/t9?,11-,12?,13?/m0/s1. The molecule has 4 atom stereocenters. The van der Waals surface area contributed by atoms with Crippen molar-refractivity contribution in [2.24, 2.45) is 0 Å². The van der Waals surface area contributed by atoms with E-state index >= 15 is 0 Å². The smallest absolute Gasteiger partial charge is 0.330 e. The van der Waals surface area contributed by atoms with Crippen LogP contribution in [0.4, 0.5) is 0 Å². The van der Waals surface area contributed by atoms with Gasteiger partial charge in [0.05, 0.1) is 25.7 Å². The van der Waals surface area contributed by atoms with Crippen molar-refractivity contribution in [2.45, 2.75) is 31.0 Å². The van der Waals surface area contributed by atoms with E-state index in [1.54, 1.807) is 0 Å². The van der Waals surface area contributed by atoms with Crippen molar-refractivity contribution >= 4 is 0 Å². The summed E-state index contributed by atoms with van der Waals surface area (Å²) in [6.45, 7) is -0.649. The number of ether oxygens (including phenoxy) is 4. The Morgan fingerprint density at radius 3 is 2.84 bits per heavy atom. The minimum atomic E-state index is -1.21. The van der Waals surface area contributed by atoms with E-state index in [0.717, 1.165) is 10.6 Å². The highest BCUT2D eigenvalue weighted by Crippen LogP contribution is 2.30. The second kappa shape index (κ2) is 9.42. The molecule has 138 valence electrons. The molecule has 0 amide bonds. The lowest BCUT2D eigenvalue weighted by molar-refractivity contribution is -0.175. The van der Waals surface area contributed by atoms with Crippen molar-refractivity contribution in [1.82, 2.24) is 9.55 Å².